The van der Waals surface area contributed by atoms with Crippen molar-refractivity contribution >= 4 is 5.82 Å². The maximum atomic E-state index is 13.2. The highest BCUT2D eigenvalue weighted by molar-refractivity contribution is 5.37. The first-order valence-electron chi connectivity index (χ1n) is 7.53. The molecule has 3 heterocycles. The molecule has 0 saturated carbocycles. The summed E-state index contributed by atoms with van der Waals surface area (Å²) < 4.78 is 13.2. The van der Waals surface area contributed by atoms with Gasteiger partial charge < -0.3 is 4.90 Å². The van der Waals surface area contributed by atoms with Crippen molar-refractivity contribution in [2.24, 2.45) is 0 Å². The number of likely N-dealkylation sites (tertiary alicyclic amines) is 1. The maximum absolute atomic E-state index is 13.2. The van der Waals surface area contributed by atoms with Crippen LogP contribution in [0.1, 0.15) is 18.4 Å². The van der Waals surface area contributed by atoms with Crippen molar-refractivity contribution in [3.05, 3.63) is 48.4 Å². The van der Waals surface area contributed by atoms with Crippen LogP contribution in [0.4, 0.5) is 10.2 Å². The molecule has 5 nitrogen and oxygen atoms in total. The number of pyridine rings is 1. The molecule has 1 aliphatic heterocycles. The zero-order valence-electron chi connectivity index (χ0n) is 12.7. The van der Waals surface area contributed by atoms with Crippen LogP contribution in [0.5, 0.6) is 0 Å². The van der Waals surface area contributed by atoms with E-state index in [1.165, 1.54) is 6.20 Å². The smallest absolute Gasteiger partial charge is 0.141 e. The van der Waals surface area contributed by atoms with E-state index in [-0.39, 0.29) is 5.82 Å². The van der Waals surface area contributed by atoms with Crippen LogP contribution >= 0.6 is 0 Å². The van der Waals surface area contributed by atoms with Crippen LogP contribution in [-0.4, -0.2) is 46.0 Å². The Morgan fingerprint density at radius 3 is 3.05 bits per heavy atom. The highest BCUT2D eigenvalue weighted by atomic mass is 19.1. The number of hydrogen-bond acceptors (Lipinski definition) is 5. The number of likely N-dealkylation sites (N-methyl/N-ethyl adjacent to an activating group) is 1. The van der Waals surface area contributed by atoms with Crippen molar-refractivity contribution < 1.29 is 4.39 Å². The quantitative estimate of drug-likeness (QED) is 0.865. The van der Waals surface area contributed by atoms with Gasteiger partial charge in [-0.05, 0) is 37.1 Å². The monoisotopic (exact) mass is 301 g/mol. The van der Waals surface area contributed by atoms with Gasteiger partial charge in [0.2, 0.25) is 0 Å². The van der Waals surface area contributed by atoms with Crippen LogP contribution in [0.2, 0.25) is 0 Å². The Morgan fingerprint density at radius 2 is 2.27 bits per heavy atom. The molecule has 0 radical (unpaired) electrons. The fourth-order valence-corrected chi connectivity index (χ4v) is 2.97. The first-order chi connectivity index (χ1) is 10.7. The molecule has 0 aromatic carbocycles. The van der Waals surface area contributed by atoms with Gasteiger partial charge in [-0.25, -0.2) is 14.4 Å². The summed E-state index contributed by atoms with van der Waals surface area (Å²) in [6.07, 6.45) is 8.58. The highest BCUT2D eigenvalue weighted by Gasteiger charge is 2.24. The minimum atomic E-state index is -0.274. The maximum Gasteiger partial charge on any atom is 0.141 e. The highest BCUT2D eigenvalue weighted by Crippen LogP contribution is 2.20. The Labute approximate surface area is 129 Å². The fraction of sp³-hybridized carbons (Fsp3) is 0.438. The molecule has 0 bridgehead atoms. The predicted molar refractivity (Wildman–Crippen MR) is 82.9 cm³/mol. The molecule has 3 rings (SSSR count). The zero-order chi connectivity index (χ0) is 15.4. The predicted octanol–water partition coefficient (Wildman–Crippen LogP) is 2.11. The average Bonchev–Trinajstić information content (AvgIpc) is 2.55. The molecule has 1 aliphatic rings. The van der Waals surface area contributed by atoms with Crippen molar-refractivity contribution in [3.8, 4) is 0 Å². The summed E-state index contributed by atoms with van der Waals surface area (Å²) in [7, 11) is 2.07. The third kappa shape index (κ3) is 3.57. The molecule has 116 valence electrons. The second kappa shape index (κ2) is 6.79. The van der Waals surface area contributed by atoms with Gasteiger partial charge in [0.05, 0.1) is 6.20 Å². The van der Waals surface area contributed by atoms with Gasteiger partial charge in [-0.2, -0.15) is 0 Å². The van der Waals surface area contributed by atoms with E-state index < -0.39 is 0 Å². The molecule has 1 fully saturated rings. The summed E-state index contributed by atoms with van der Waals surface area (Å²) >= 11 is 0. The van der Waals surface area contributed by atoms with Gasteiger partial charge in [0, 0.05) is 38.6 Å². The van der Waals surface area contributed by atoms with Crippen molar-refractivity contribution in [1.82, 2.24) is 19.9 Å². The minimum Gasteiger partial charge on any atom is -0.355 e. The number of rotatable bonds is 4. The summed E-state index contributed by atoms with van der Waals surface area (Å²) in [5.41, 5.74) is 0.922. The molecule has 1 saturated heterocycles. The van der Waals surface area contributed by atoms with E-state index in [9.17, 15) is 4.39 Å². The van der Waals surface area contributed by atoms with E-state index in [2.05, 4.69) is 31.8 Å². The van der Waals surface area contributed by atoms with Crippen LogP contribution in [-0.2, 0) is 6.54 Å². The molecule has 2 aromatic heterocycles. The van der Waals surface area contributed by atoms with Gasteiger partial charge in [-0.1, -0.05) is 0 Å². The van der Waals surface area contributed by atoms with E-state index in [1.807, 2.05) is 6.07 Å². The number of piperidine rings is 1. The lowest BCUT2D eigenvalue weighted by molar-refractivity contribution is 0.198. The van der Waals surface area contributed by atoms with Crippen LogP contribution < -0.4 is 4.90 Å². The first-order valence-corrected chi connectivity index (χ1v) is 7.53. The number of nitrogens with zero attached hydrogens (tertiary/aromatic N) is 5. The summed E-state index contributed by atoms with van der Waals surface area (Å²) in [4.78, 5) is 16.8. The van der Waals surface area contributed by atoms with Crippen molar-refractivity contribution in [1.29, 1.82) is 0 Å². The third-order valence-electron chi connectivity index (χ3n) is 4.12. The Hall–Kier alpha value is -2.08. The Bertz CT molecular complexity index is 606. The molecule has 1 unspecified atom stereocenters. The number of halogens is 1. The summed E-state index contributed by atoms with van der Waals surface area (Å²) in [5, 5.41) is 0. The molecule has 0 spiro atoms. The molecule has 6 heteroatoms. The first kappa shape index (κ1) is 14.8. The van der Waals surface area contributed by atoms with E-state index in [1.54, 1.807) is 24.8 Å². The SMILES string of the molecule is CN(c1ccncn1)C1CCCN(Cc2cncc(F)c2)C1. The minimum absolute atomic E-state index is 0.274. The van der Waals surface area contributed by atoms with Crippen molar-refractivity contribution in [2.75, 3.05) is 25.0 Å². The van der Waals surface area contributed by atoms with Crippen molar-refractivity contribution in [3.63, 3.8) is 0 Å². The van der Waals surface area contributed by atoms with Crippen molar-refractivity contribution in [2.45, 2.75) is 25.4 Å². The van der Waals surface area contributed by atoms with Gasteiger partial charge in [0.1, 0.15) is 18.0 Å². The zero-order valence-corrected chi connectivity index (χ0v) is 12.7. The molecular formula is C16H20FN5. The average molecular weight is 301 g/mol. The van der Waals surface area contributed by atoms with Gasteiger partial charge in [-0.3, -0.25) is 9.88 Å². The molecule has 0 amide bonds. The van der Waals surface area contributed by atoms with E-state index in [4.69, 9.17) is 0 Å². The molecular weight excluding hydrogens is 281 g/mol. The summed E-state index contributed by atoms with van der Waals surface area (Å²) in [6.45, 7) is 2.71. The van der Waals surface area contributed by atoms with Crippen LogP contribution in [0.15, 0.2) is 37.1 Å². The second-order valence-electron chi connectivity index (χ2n) is 5.72. The number of anilines is 1. The van der Waals surface area contributed by atoms with Crippen LogP contribution in [0.3, 0.4) is 0 Å². The van der Waals surface area contributed by atoms with Gasteiger partial charge in [0.15, 0.2) is 0 Å². The lowest BCUT2D eigenvalue weighted by atomic mass is 10.0. The third-order valence-corrected chi connectivity index (χ3v) is 4.12. The fourth-order valence-electron chi connectivity index (χ4n) is 2.97. The van der Waals surface area contributed by atoms with E-state index in [0.29, 0.717) is 6.04 Å². The molecule has 22 heavy (non-hydrogen) atoms. The summed E-state index contributed by atoms with van der Waals surface area (Å²) in [6, 6.07) is 3.89. The number of aromatic nitrogens is 3. The van der Waals surface area contributed by atoms with Gasteiger partial charge in [-0.15, -0.1) is 0 Å². The Kier molecular flexibility index (Phi) is 4.58. The normalized spacial score (nSPS) is 19.1. The summed E-state index contributed by atoms with van der Waals surface area (Å²) in [5.74, 6) is 0.665. The van der Waals surface area contributed by atoms with Crippen LogP contribution in [0.25, 0.3) is 0 Å². The lowest BCUT2D eigenvalue weighted by Gasteiger charge is -2.38. The van der Waals surface area contributed by atoms with E-state index >= 15 is 0 Å². The largest absolute Gasteiger partial charge is 0.355 e. The molecule has 2 aromatic rings. The van der Waals surface area contributed by atoms with Gasteiger partial charge in [0.25, 0.3) is 0 Å². The Morgan fingerprint density at radius 1 is 1.36 bits per heavy atom. The van der Waals surface area contributed by atoms with E-state index in [0.717, 1.165) is 43.9 Å². The second-order valence-corrected chi connectivity index (χ2v) is 5.72. The molecule has 1 atom stereocenters. The molecule has 0 aliphatic carbocycles. The topological polar surface area (TPSA) is 45.2 Å². The lowest BCUT2D eigenvalue weighted by Crippen LogP contribution is -2.46. The number of hydrogen-bond donors (Lipinski definition) is 0. The van der Waals surface area contributed by atoms with Crippen LogP contribution in [0, 0.1) is 5.82 Å². The standard InChI is InChI=1S/C16H20FN5/c1-21(16-4-5-18-12-20-16)15-3-2-6-22(11-15)10-13-7-14(17)9-19-8-13/h4-5,7-9,12,15H,2-3,6,10-11H2,1H3. The molecule has 0 N–H and O–H groups in total. The van der Waals surface area contributed by atoms with Gasteiger partial charge >= 0.3 is 0 Å². The Balaban J connectivity index is 1.64.